The van der Waals surface area contributed by atoms with Gasteiger partial charge in [-0.3, -0.25) is 14.5 Å². The summed E-state index contributed by atoms with van der Waals surface area (Å²) in [6, 6.07) is 9.08. The Morgan fingerprint density at radius 3 is 2.18 bits per heavy atom. The molecule has 0 radical (unpaired) electrons. The fraction of sp³-hybridized carbons (Fsp3) is 0.517. The van der Waals surface area contributed by atoms with Crippen LogP contribution in [0.4, 0.5) is 13.2 Å². The number of hydrogen-bond acceptors (Lipinski definition) is 5. The number of alkyl halides is 3. The number of nitrogens with zero attached hydrogens (tertiary/aromatic N) is 2. The van der Waals surface area contributed by atoms with Crippen LogP contribution in [0, 0.1) is 5.92 Å². The SMILES string of the molecule is CCCCN(CCCC)C(=O)CN1C[C@@H](c2ccc3c(c2)OCO3)[C@H](C(=O)O)[C@H]1c1ccc(C(F)(F)F)cc1. The lowest BCUT2D eigenvalue weighted by atomic mass is 9.82. The molecule has 39 heavy (non-hydrogen) atoms. The van der Waals surface area contributed by atoms with Crippen molar-refractivity contribution in [3.63, 3.8) is 0 Å². The molecule has 1 fully saturated rings. The number of likely N-dealkylation sites (tertiary alicyclic amines) is 1. The first-order valence-corrected chi connectivity index (χ1v) is 13.4. The molecule has 0 saturated carbocycles. The molecular weight excluding hydrogens is 513 g/mol. The van der Waals surface area contributed by atoms with Gasteiger partial charge < -0.3 is 19.5 Å². The summed E-state index contributed by atoms with van der Waals surface area (Å²) < 4.78 is 50.7. The van der Waals surface area contributed by atoms with Crippen LogP contribution in [-0.4, -0.2) is 59.8 Å². The van der Waals surface area contributed by atoms with Gasteiger partial charge in [0.2, 0.25) is 12.7 Å². The second-order valence-electron chi connectivity index (χ2n) is 10.2. The lowest BCUT2D eigenvalue weighted by Crippen LogP contribution is -2.42. The highest BCUT2D eigenvalue weighted by molar-refractivity contribution is 5.79. The maximum atomic E-state index is 13.5. The molecule has 7 nitrogen and oxygen atoms in total. The predicted octanol–water partition coefficient (Wildman–Crippen LogP) is 5.70. The van der Waals surface area contributed by atoms with Crippen LogP contribution in [0.15, 0.2) is 42.5 Å². The molecule has 1 saturated heterocycles. The van der Waals surface area contributed by atoms with E-state index < -0.39 is 35.6 Å². The number of carboxylic acids is 1. The van der Waals surface area contributed by atoms with Gasteiger partial charge in [0.05, 0.1) is 18.0 Å². The van der Waals surface area contributed by atoms with E-state index in [-0.39, 0.29) is 25.8 Å². The number of rotatable bonds is 11. The van der Waals surface area contributed by atoms with Crippen LogP contribution >= 0.6 is 0 Å². The molecule has 0 spiro atoms. The fourth-order valence-electron chi connectivity index (χ4n) is 5.47. The zero-order valence-electron chi connectivity index (χ0n) is 22.2. The molecule has 1 N–H and O–H groups in total. The molecule has 2 aliphatic heterocycles. The van der Waals surface area contributed by atoms with E-state index in [1.54, 1.807) is 18.2 Å². The number of amides is 1. The van der Waals surface area contributed by atoms with E-state index in [1.165, 1.54) is 12.1 Å². The van der Waals surface area contributed by atoms with Crippen molar-refractivity contribution >= 4 is 11.9 Å². The lowest BCUT2D eigenvalue weighted by Gasteiger charge is -2.30. The van der Waals surface area contributed by atoms with E-state index in [0.29, 0.717) is 35.7 Å². The molecule has 2 aliphatic rings. The zero-order valence-corrected chi connectivity index (χ0v) is 22.2. The Kier molecular flexibility index (Phi) is 9.04. The highest BCUT2D eigenvalue weighted by Gasteiger charge is 2.48. The summed E-state index contributed by atoms with van der Waals surface area (Å²) in [6.45, 7) is 5.64. The van der Waals surface area contributed by atoms with Crippen molar-refractivity contribution in [3.05, 3.63) is 59.2 Å². The van der Waals surface area contributed by atoms with Gasteiger partial charge in [-0.1, -0.05) is 44.9 Å². The first-order valence-electron chi connectivity index (χ1n) is 13.4. The topological polar surface area (TPSA) is 79.3 Å². The number of carbonyl (C=O) groups excluding carboxylic acids is 1. The molecule has 2 aromatic rings. The fourth-order valence-corrected chi connectivity index (χ4v) is 5.47. The molecule has 0 unspecified atom stereocenters. The number of halogens is 3. The molecule has 0 bridgehead atoms. The highest BCUT2D eigenvalue weighted by Crippen LogP contribution is 2.48. The van der Waals surface area contributed by atoms with Crippen molar-refractivity contribution in [1.29, 1.82) is 0 Å². The van der Waals surface area contributed by atoms with Gasteiger partial charge in [-0.2, -0.15) is 13.2 Å². The average molecular weight is 549 g/mol. The van der Waals surface area contributed by atoms with Crippen molar-refractivity contribution in [1.82, 2.24) is 9.80 Å². The molecule has 1 amide bonds. The first kappa shape index (κ1) is 28.7. The van der Waals surface area contributed by atoms with Gasteiger partial charge in [-0.05, 0) is 48.2 Å². The smallest absolute Gasteiger partial charge is 0.416 e. The zero-order chi connectivity index (χ0) is 28.2. The van der Waals surface area contributed by atoms with E-state index >= 15 is 0 Å². The number of carboxylic acid groups (broad SMARTS) is 1. The largest absolute Gasteiger partial charge is 0.481 e. The Hall–Kier alpha value is -3.27. The third-order valence-electron chi connectivity index (χ3n) is 7.54. The molecule has 3 atom stereocenters. The van der Waals surface area contributed by atoms with Crippen LogP contribution in [-0.2, 0) is 15.8 Å². The summed E-state index contributed by atoms with van der Waals surface area (Å²) in [7, 11) is 0. The summed E-state index contributed by atoms with van der Waals surface area (Å²) in [6.07, 6.45) is -0.934. The molecule has 0 aliphatic carbocycles. The Balaban J connectivity index is 1.69. The summed E-state index contributed by atoms with van der Waals surface area (Å²) in [5.41, 5.74) is 0.337. The van der Waals surface area contributed by atoms with E-state index in [4.69, 9.17) is 9.47 Å². The van der Waals surface area contributed by atoms with Crippen molar-refractivity contribution in [2.24, 2.45) is 5.92 Å². The Morgan fingerprint density at radius 2 is 1.59 bits per heavy atom. The molecule has 2 aromatic carbocycles. The number of benzene rings is 2. The van der Waals surface area contributed by atoms with Gasteiger partial charge >= 0.3 is 12.1 Å². The van der Waals surface area contributed by atoms with E-state index in [1.807, 2.05) is 9.80 Å². The maximum absolute atomic E-state index is 13.5. The third-order valence-corrected chi connectivity index (χ3v) is 7.54. The van der Waals surface area contributed by atoms with E-state index in [9.17, 15) is 27.9 Å². The van der Waals surface area contributed by atoms with Gasteiger partial charge in [0.1, 0.15) is 0 Å². The Bertz CT molecular complexity index is 1150. The Morgan fingerprint density at radius 1 is 0.974 bits per heavy atom. The number of ether oxygens (including phenoxy) is 2. The van der Waals surface area contributed by atoms with Crippen molar-refractivity contribution < 1.29 is 37.3 Å². The van der Waals surface area contributed by atoms with Gasteiger partial charge in [-0.25, -0.2) is 0 Å². The summed E-state index contributed by atoms with van der Waals surface area (Å²) in [4.78, 5) is 29.8. The molecule has 10 heteroatoms. The minimum atomic E-state index is -4.51. The highest BCUT2D eigenvalue weighted by atomic mass is 19.4. The molecule has 2 heterocycles. The quantitative estimate of drug-likeness (QED) is 0.388. The standard InChI is InChI=1S/C29H35F3N2O5/c1-3-5-13-33(14-6-4-2)25(35)17-34-16-22(20-9-12-23-24(15-20)39-18-38-23)26(28(36)37)27(34)19-7-10-21(11-8-19)29(30,31)32/h7-12,15,22,26-27H,3-6,13-14,16-18H2,1-2H3,(H,36,37)/t22-,26-,27+/m0/s1. The number of carbonyl (C=O) groups is 2. The predicted molar refractivity (Wildman–Crippen MR) is 139 cm³/mol. The number of unbranched alkanes of at least 4 members (excludes halogenated alkanes) is 2. The molecule has 212 valence electrons. The van der Waals surface area contributed by atoms with Gasteiger partial charge in [0, 0.05) is 31.6 Å². The van der Waals surface area contributed by atoms with Crippen LogP contribution in [0.2, 0.25) is 0 Å². The van der Waals surface area contributed by atoms with Crippen LogP contribution in [0.3, 0.4) is 0 Å². The van der Waals surface area contributed by atoms with Crippen molar-refractivity contribution in [3.8, 4) is 11.5 Å². The van der Waals surface area contributed by atoms with Crippen LogP contribution in [0.5, 0.6) is 11.5 Å². The van der Waals surface area contributed by atoms with Crippen LogP contribution in [0.25, 0.3) is 0 Å². The number of hydrogen-bond donors (Lipinski definition) is 1. The lowest BCUT2D eigenvalue weighted by molar-refractivity contribution is -0.144. The number of fused-ring (bicyclic) bond motifs is 1. The third kappa shape index (κ3) is 6.49. The maximum Gasteiger partial charge on any atom is 0.416 e. The van der Waals surface area contributed by atoms with Crippen LogP contribution in [0.1, 0.15) is 68.2 Å². The minimum absolute atomic E-state index is 0.0239. The summed E-state index contributed by atoms with van der Waals surface area (Å²) >= 11 is 0. The first-order chi connectivity index (χ1) is 18.6. The van der Waals surface area contributed by atoms with E-state index in [2.05, 4.69) is 13.8 Å². The minimum Gasteiger partial charge on any atom is -0.481 e. The molecular formula is C29H35F3N2O5. The second kappa shape index (κ2) is 12.3. The van der Waals surface area contributed by atoms with Crippen molar-refractivity contribution in [2.75, 3.05) is 33.0 Å². The van der Waals surface area contributed by atoms with Crippen LogP contribution < -0.4 is 9.47 Å². The van der Waals surface area contributed by atoms with E-state index in [0.717, 1.165) is 37.8 Å². The molecule has 4 rings (SSSR count). The number of aliphatic carboxylic acids is 1. The van der Waals surface area contributed by atoms with Crippen molar-refractivity contribution in [2.45, 2.75) is 57.7 Å². The van der Waals surface area contributed by atoms with Gasteiger partial charge in [0.25, 0.3) is 0 Å². The van der Waals surface area contributed by atoms with Gasteiger partial charge in [0.15, 0.2) is 11.5 Å². The van der Waals surface area contributed by atoms with Gasteiger partial charge in [-0.15, -0.1) is 0 Å². The normalized spacial score (nSPS) is 20.8. The Labute approximate surface area is 226 Å². The summed E-state index contributed by atoms with van der Waals surface area (Å²) in [5.74, 6) is -1.61. The average Bonchev–Trinajstić information content (AvgIpc) is 3.52. The monoisotopic (exact) mass is 548 g/mol. The summed E-state index contributed by atoms with van der Waals surface area (Å²) in [5, 5.41) is 10.4. The second-order valence-corrected chi connectivity index (χ2v) is 10.2. The molecule has 0 aromatic heterocycles.